The molecule has 0 aromatic carbocycles. The van der Waals surface area contributed by atoms with Crippen LogP contribution in [0.2, 0.25) is 0 Å². The fraction of sp³-hybridized carbons (Fsp3) is 1.00. The van der Waals surface area contributed by atoms with E-state index in [2.05, 4.69) is 0 Å². The molecule has 2 atom stereocenters. The van der Waals surface area contributed by atoms with E-state index in [1.807, 2.05) is 0 Å². The summed E-state index contributed by atoms with van der Waals surface area (Å²) in [7, 11) is 0. The topological polar surface area (TPSA) is 23.5 Å². The van der Waals surface area contributed by atoms with Crippen molar-refractivity contribution in [1.29, 1.82) is 0 Å². The first-order valence-corrected chi connectivity index (χ1v) is 5.10. The van der Waals surface area contributed by atoms with E-state index in [1.54, 1.807) is 4.90 Å². The Balaban J connectivity index is 2.01. The third-order valence-electron chi connectivity index (χ3n) is 3.28. The van der Waals surface area contributed by atoms with Crippen LogP contribution in [0.4, 0.5) is 12.9 Å². The normalized spacial score (nSPS) is 39.0. The van der Waals surface area contributed by atoms with Crippen molar-refractivity contribution in [2.24, 2.45) is 0 Å². The van der Waals surface area contributed by atoms with E-state index in [9.17, 15) is 18.1 Å². The van der Waals surface area contributed by atoms with Gasteiger partial charge < -0.3 is 23.0 Å². The highest BCUT2D eigenvalue weighted by atomic mass is 19.4. The molecule has 0 radical (unpaired) electrons. The molecule has 2 aliphatic rings. The standard InChI is InChI=1S/C8H14BF3NO/c10-9(11,12)5-13-6-1-2-7(13)4-8(14)3-6/h6-8,14H,1-5H2/q-1. The van der Waals surface area contributed by atoms with Gasteiger partial charge in [0.25, 0.3) is 0 Å². The molecule has 1 N–H and O–H groups in total. The smallest absolute Gasteiger partial charge is 0.448 e. The summed E-state index contributed by atoms with van der Waals surface area (Å²) >= 11 is 0. The van der Waals surface area contributed by atoms with Crippen LogP contribution in [0, 0.1) is 0 Å². The average molecular weight is 208 g/mol. The van der Waals surface area contributed by atoms with Crippen molar-refractivity contribution < 1.29 is 18.1 Å². The van der Waals surface area contributed by atoms with Crippen molar-refractivity contribution in [2.75, 3.05) is 6.44 Å². The maximum atomic E-state index is 12.3. The summed E-state index contributed by atoms with van der Waals surface area (Å²) in [6.07, 6.45) is 1.53. The molecule has 0 amide bonds. The number of hydrogen-bond donors (Lipinski definition) is 1. The largest absolute Gasteiger partial charge is 0.492 e. The highest BCUT2D eigenvalue weighted by molar-refractivity contribution is 6.58. The van der Waals surface area contributed by atoms with Gasteiger partial charge >= 0.3 is 6.98 Å². The molecule has 82 valence electrons. The van der Waals surface area contributed by atoms with Crippen molar-refractivity contribution in [3.8, 4) is 0 Å². The molecular weight excluding hydrogens is 194 g/mol. The van der Waals surface area contributed by atoms with Crippen LogP contribution in [0.1, 0.15) is 25.7 Å². The van der Waals surface area contributed by atoms with Crippen molar-refractivity contribution in [3.05, 3.63) is 0 Å². The SMILES string of the molecule is OC1CC2CCC(C1)N2C[B-](F)(F)F. The van der Waals surface area contributed by atoms with Gasteiger partial charge in [-0.05, 0) is 32.1 Å². The number of piperidine rings is 1. The summed E-state index contributed by atoms with van der Waals surface area (Å²) in [4.78, 5) is 1.55. The van der Waals surface area contributed by atoms with E-state index in [1.165, 1.54) is 0 Å². The van der Waals surface area contributed by atoms with Gasteiger partial charge in [-0.25, -0.2) is 0 Å². The molecule has 2 unspecified atom stereocenters. The maximum Gasteiger partial charge on any atom is 0.492 e. The van der Waals surface area contributed by atoms with Crippen LogP contribution in [0.15, 0.2) is 0 Å². The maximum absolute atomic E-state index is 12.3. The first-order chi connectivity index (χ1) is 6.46. The minimum absolute atomic E-state index is 0.0350. The fourth-order valence-corrected chi connectivity index (χ4v) is 2.78. The van der Waals surface area contributed by atoms with Gasteiger partial charge in [-0.3, -0.25) is 0 Å². The predicted octanol–water partition coefficient (Wildman–Crippen LogP) is 1.36. The molecule has 0 aromatic heterocycles. The number of aliphatic hydroxyl groups excluding tert-OH is 1. The molecule has 0 spiro atoms. The van der Waals surface area contributed by atoms with E-state index < -0.39 is 13.4 Å². The molecular formula is C8H14BF3NO-. The molecule has 0 saturated carbocycles. The lowest BCUT2D eigenvalue weighted by Gasteiger charge is -2.39. The van der Waals surface area contributed by atoms with Crippen LogP contribution in [-0.2, 0) is 0 Å². The lowest BCUT2D eigenvalue weighted by atomic mass is 9.87. The first kappa shape index (κ1) is 10.3. The Kier molecular flexibility index (Phi) is 2.51. The van der Waals surface area contributed by atoms with Crippen LogP contribution in [0.3, 0.4) is 0 Å². The second-order valence-corrected chi connectivity index (χ2v) is 4.42. The van der Waals surface area contributed by atoms with Gasteiger partial charge in [-0.15, -0.1) is 0 Å². The van der Waals surface area contributed by atoms with Crippen molar-refractivity contribution in [1.82, 2.24) is 4.90 Å². The second kappa shape index (κ2) is 3.41. The van der Waals surface area contributed by atoms with E-state index >= 15 is 0 Å². The van der Waals surface area contributed by atoms with Crippen molar-refractivity contribution >= 4 is 6.98 Å². The van der Waals surface area contributed by atoms with E-state index in [0.717, 1.165) is 12.8 Å². The Bertz CT molecular complexity index is 209. The highest BCUT2D eigenvalue weighted by Gasteiger charge is 2.42. The Morgan fingerprint density at radius 3 is 2.07 bits per heavy atom. The van der Waals surface area contributed by atoms with Gasteiger partial charge in [0.2, 0.25) is 0 Å². The van der Waals surface area contributed by atoms with Crippen LogP contribution in [-0.4, -0.2) is 41.6 Å². The Labute approximate surface area is 81.1 Å². The molecule has 2 fully saturated rings. The average Bonchev–Trinajstić information content (AvgIpc) is 2.31. The number of rotatable bonds is 2. The summed E-state index contributed by atoms with van der Waals surface area (Å²) in [5.41, 5.74) is 0. The number of aliphatic hydroxyl groups is 1. The Hall–Kier alpha value is -0.225. The number of fused-ring (bicyclic) bond motifs is 2. The zero-order chi connectivity index (χ0) is 10.3. The van der Waals surface area contributed by atoms with Crippen LogP contribution < -0.4 is 0 Å². The van der Waals surface area contributed by atoms with Crippen molar-refractivity contribution in [2.45, 2.75) is 43.9 Å². The van der Waals surface area contributed by atoms with Gasteiger partial charge in [0.15, 0.2) is 0 Å². The van der Waals surface area contributed by atoms with Gasteiger partial charge in [-0.1, -0.05) is 0 Å². The molecule has 6 heteroatoms. The molecule has 2 bridgehead atoms. The number of hydrogen-bond acceptors (Lipinski definition) is 2. The molecule has 0 aromatic rings. The van der Waals surface area contributed by atoms with Crippen LogP contribution >= 0.6 is 0 Å². The molecule has 2 saturated heterocycles. The quantitative estimate of drug-likeness (QED) is 0.692. The molecule has 2 rings (SSSR count). The van der Waals surface area contributed by atoms with Crippen molar-refractivity contribution in [3.63, 3.8) is 0 Å². The summed E-state index contributed by atoms with van der Waals surface area (Å²) in [6, 6.07) is -0.0699. The summed E-state index contributed by atoms with van der Waals surface area (Å²) < 4.78 is 36.8. The van der Waals surface area contributed by atoms with Gasteiger partial charge in [0, 0.05) is 12.1 Å². The highest BCUT2D eigenvalue weighted by Crippen LogP contribution is 2.36. The molecule has 0 aliphatic carbocycles. The monoisotopic (exact) mass is 208 g/mol. The molecule has 14 heavy (non-hydrogen) atoms. The van der Waals surface area contributed by atoms with Crippen LogP contribution in [0.5, 0.6) is 0 Å². The van der Waals surface area contributed by atoms with E-state index in [0.29, 0.717) is 12.8 Å². The summed E-state index contributed by atoms with van der Waals surface area (Å²) in [6.45, 7) is -4.72. The minimum Gasteiger partial charge on any atom is -0.448 e. The summed E-state index contributed by atoms with van der Waals surface area (Å²) in [5.74, 6) is 0. The van der Waals surface area contributed by atoms with E-state index in [-0.39, 0.29) is 18.2 Å². The molecule has 2 heterocycles. The minimum atomic E-state index is -4.72. The Morgan fingerprint density at radius 2 is 1.64 bits per heavy atom. The fourth-order valence-electron chi connectivity index (χ4n) is 2.78. The lowest BCUT2D eigenvalue weighted by molar-refractivity contribution is 0.0406. The number of nitrogens with zero attached hydrogens (tertiary/aromatic N) is 1. The summed E-state index contributed by atoms with van der Waals surface area (Å²) in [5, 5.41) is 9.40. The zero-order valence-electron chi connectivity index (χ0n) is 7.87. The third kappa shape index (κ3) is 2.06. The number of halogens is 3. The first-order valence-electron chi connectivity index (χ1n) is 5.10. The van der Waals surface area contributed by atoms with Gasteiger partial charge in [-0.2, -0.15) is 0 Å². The molecule has 2 nitrogen and oxygen atoms in total. The second-order valence-electron chi connectivity index (χ2n) is 4.42. The zero-order valence-corrected chi connectivity index (χ0v) is 7.87. The third-order valence-corrected chi connectivity index (χ3v) is 3.28. The van der Waals surface area contributed by atoms with E-state index in [4.69, 9.17) is 0 Å². The Morgan fingerprint density at radius 1 is 1.14 bits per heavy atom. The van der Waals surface area contributed by atoms with Crippen LogP contribution in [0.25, 0.3) is 0 Å². The lowest BCUT2D eigenvalue weighted by Crippen LogP contribution is -2.50. The van der Waals surface area contributed by atoms with Gasteiger partial charge in [0.1, 0.15) is 0 Å². The predicted molar refractivity (Wildman–Crippen MR) is 47.8 cm³/mol. The van der Waals surface area contributed by atoms with Gasteiger partial charge in [0.05, 0.1) is 6.10 Å². The molecule has 2 aliphatic heterocycles.